The monoisotopic (exact) mass is 421 g/mol. The van der Waals surface area contributed by atoms with Gasteiger partial charge in [0.2, 0.25) is 0 Å². The second-order valence-electron chi connectivity index (χ2n) is 7.87. The van der Waals surface area contributed by atoms with Crippen LogP contribution in [0.1, 0.15) is 54.6 Å². The summed E-state index contributed by atoms with van der Waals surface area (Å²) in [5.41, 5.74) is 1.44. The first-order valence-corrected chi connectivity index (χ1v) is 10.7. The summed E-state index contributed by atoms with van der Waals surface area (Å²) in [5.74, 6) is 0.718. The summed E-state index contributed by atoms with van der Waals surface area (Å²) < 4.78 is 6.69. The van der Waals surface area contributed by atoms with E-state index in [9.17, 15) is 14.4 Å². The van der Waals surface area contributed by atoms with Crippen molar-refractivity contribution in [1.29, 1.82) is 0 Å². The number of aryl methyl sites for hydroxylation is 1. The fraction of sp³-hybridized carbons (Fsp3) is 0.375. The van der Waals surface area contributed by atoms with Gasteiger partial charge in [0.05, 0.1) is 24.2 Å². The molecule has 2 aromatic carbocycles. The van der Waals surface area contributed by atoms with E-state index < -0.39 is 11.1 Å². The third kappa shape index (κ3) is 4.00. The quantitative estimate of drug-likeness (QED) is 0.654. The van der Waals surface area contributed by atoms with Crippen molar-refractivity contribution in [3.05, 3.63) is 74.3 Å². The lowest BCUT2D eigenvalue weighted by Crippen LogP contribution is -2.36. The van der Waals surface area contributed by atoms with E-state index in [0.717, 1.165) is 37.0 Å². The van der Waals surface area contributed by atoms with Crippen LogP contribution in [0, 0.1) is 0 Å². The predicted molar refractivity (Wildman–Crippen MR) is 120 cm³/mol. The van der Waals surface area contributed by atoms with E-state index in [1.54, 1.807) is 25.3 Å². The van der Waals surface area contributed by atoms with Crippen molar-refractivity contribution in [3.63, 3.8) is 0 Å². The van der Waals surface area contributed by atoms with E-state index in [4.69, 9.17) is 4.74 Å². The number of nitrogens with one attached hydrogen (secondary N) is 1. The lowest BCUT2D eigenvalue weighted by atomic mass is 9.99. The summed E-state index contributed by atoms with van der Waals surface area (Å²) >= 11 is 0. The van der Waals surface area contributed by atoms with Crippen LogP contribution in [0.4, 0.5) is 0 Å². The first kappa shape index (κ1) is 20.9. The highest BCUT2D eigenvalue weighted by Crippen LogP contribution is 2.32. The molecule has 0 aliphatic carbocycles. The largest absolute Gasteiger partial charge is 0.497 e. The highest BCUT2D eigenvalue weighted by atomic mass is 16.5. The summed E-state index contributed by atoms with van der Waals surface area (Å²) in [4.78, 5) is 42.2. The maximum Gasteiger partial charge on any atom is 0.316 e. The Bertz CT molecular complexity index is 1210. The van der Waals surface area contributed by atoms with Crippen molar-refractivity contribution in [1.82, 2.24) is 14.5 Å². The number of aromatic amines is 1. The summed E-state index contributed by atoms with van der Waals surface area (Å²) in [7, 11) is 1.64. The van der Waals surface area contributed by atoms with E-state index in [2.05, 4.69) is 4.98 Å². The molecule has 0 saturated carbocycles. The number of aromatic nitrogens is 2. The molecular formula is C24H27N3O4. The molecule has 0 bridgehead atoms. The van der Waals surface area contributed by atoms with Crippen LogP contribution in [0.15, 0.2) is 52.1 Å². The van der Waals surface area contributed by atoms with Crippen molar-refractivity contribution < 1.29 is 9.53 Å². The van der Waals surface area contributed by atoms with E-state index in [0.29, 0.717) is 29.7 Å². The molecule has 1 N–H and O–H groups in total. The zero-order valence-electron chi connectivity index (χ0n) is 17.9. The van der Waals surface area contributed by atoms with Gasteiger partial charge in [0.25, 0.3) is 5.91 Å². The van der Waals surface area contributed by atoms with E-state index in [1.807, 2.05) is 36.1 Å². The Balaban J connectivity index is 1.73. The molecule has 7 nitrogen and oxygen atoms in total. The van der Waals surface area contributed by atoms with Crippen LogP contribution in [-0.4, -0.2) is 34.0 Å². The van der Waals surface area contributed by atoms with Crippen LogP contribution in [0.2, 0.25) is 0 Å². The highest BCUT2D eigenvalue weighted by Gasteiger charge is 2.28. The Morgan fingerprint density at radius 3 is 2.58 bits per heavy atom. The Morgan fingerprint density at radius 2 is 1.87 bits per heavy atom. The Kier molecular flexibility index (Phi) is 5.93. The number of fused-ring (bicyclic) bond motifs is 1. The summed E-state index contributed by atoms with van der Waals surface area (Å²) in [5, 5.41) is 0. The average Bonchev–Trinajstić information content (AvgIpc) is 3.05. The fourth-order valence-corrected chi connectivity index (χ4v) is 4.42. The minimum atomic E-state index is -0.676. The van der Waals surface area contributed by atoms with Crippen molar-refractivity contribution in [3.8, 4) is 5.75 Å². The van der Waals surface area contributed by atoms with Gasteiger partial charge in [0.15, 0.2) is 0 Å². The van der Waals surface area contributed by atoms with Crippen LogP contribution in [-0.2, 0) is 6.54 Å². The molecule has 1 aliphatic rings. The number of carbonyl (C=O) groups excluding carboxylic acids is 1. The average molecular weight is 421 g/mol. The third-order valence-corrected chi connectivity index (χ3v) is 6.05. The lowest BCUT2D eigenvalue weighted by molar-refractivity contribution is 0.0681. The maximum atomic E-state index is 13.6. The summed E-state index contributed by atoms with van der Waals surface area (Å²) in [6.07, 6.45) is 4.01. The fourth-order valence-electron chi connectivity index (χ4n) is 4.42. The lowest BCUT2D eigenvalue weighted by Gasteiger charge is -2.31. The van der Waals surface area contributed by atoms with Gasteiger partial charge in [-0.05, 0) is 55.7 Å². The molecule has 1 fully saturated rings. The molecule has 2 heterocycles. The smallest absolute Gasteiger partial charge is 0.316 e. The van der Waals surface area contributed by atoms with Crippen molar-refractivity contribution in [2.75, 3.05) is 13.7 Å². The van der Waals surface area contributed by atoms with E-state index >= 15 is 0 Å². The van der Waals surface area contributed by atoms with Crippen LogP contribution in [0.25, 0.3) is 11.0 Å². The van der Waals surface area contributed by atoms with E-state index in [1.165, 1.54) is 4.57 Å². The number of carbonyl (C=O) groups is 1. The number of amides is 1. The number of hydrogen-bond acceptors (Lipinski definition) is 4. The third-order valence-electron chi connectivity index (χ3n) is 6.05. The van der Waals surface area contributed by atoms with Crippen molar-refractivity contribution in [2.45, 2.75) is 45.2 Å². The Morgan fingerprint density at radius 1 is 1.10 bits per heavy atom. The van der Waals surface area contributed by atoms with Gasteiger partial charge in [-0.15, -0.1) is 0 Å². The molecule has 7 heteroatoms. The second-order valence-corrected chi connectivity index (χ2v) is 7.87. The molecular weight excluding hydrogens is 394 g/mol. The zero-order chi connectivity index (χ0) is 22.0. The van der Waals surface area contributed by atoms with Crippen LogP contribution in [0.3, 0.4) is 0 Å². The number of benzene rings is 2. The van der Waals surface area contributed by atoms with Crippen LogP contribution >= 0.6 is 0 Å². The molecule has 0 radical (unpaired) electrons. The molecule has 1 aliphatic heterocycles. The minimum Gasteiger partial charge on any atom is -0.497 e. The van der Waals surface area contributed by atoms with Gasteiger partial charge in [-0.2, -0.15) is 0 Å². The standard InChI is InChI=1S/C24H27N3O4/c1-3-26-21-13-10-17(15-19(21)25-22(28)24(26)30)23(29)27-14-6-4-5-7-20(27)16-8-11-18(31-2)12-9-16/h8-13,15,20H,3-7,14H2,1-2H3,(H,25,28)/t20-/m1/s1. The summed E-state index contributed by atoms with van der Waals surface area (Å²) in [6, 6.07) is 13.0. The molecule has 1 atom stereocenters. The van der Waals surface area contributed by atoms with Gasteiger partial charge in [-0.1, -0.05) is 25.0 Å². The Hall–Kier alpha value is -3.35. The number of likely N-dealkylation sites (tertiary alicyclic amines) is 1. The van der Waals surface area contributed by atoms with Gasteiger partial charge in [0.1, 0.15) is 5.75 Å². The second kappa shape index (κ2) is 8.79. The van der Waals surface area contributed by atoms with Crippen LogP contribution in [0.5, 0.6) is 5.75 Å². The number of nitrogens with zero attached hydrogens (tertiary/aromatic N) is 2. The van der Waals surface area contributed by atoms with Crippen LogP contribution < -0.4 is 15.9 Å². The summed E-state index contributed by atoms with van der Waals surface area (Å²) in [6.45, 7) is 2.88. The molecule has 162 valence electrons. The number of hydrogen-bond donors (Lipinski definition) is 1. The SMILES string of the molecule is CCn1c(=O)c(=O)[nH]c2cc(C(=O)N3CCCCC[C@@H]3c3ccc(OC)cc3)ccc21. The molecule has 4 rings (SSSR count). The maximum absolute atomic E-state index is 13.6. The Labute approximate surface area is 180 Å². The molecule has 1 amide bonds. The number of H-pyrrole nitrogens is 1. The first-order chi connectivity index (χ1) is 15.0. The molecule has 1 saturated heterocycles. The van der Waals surface area contributed by atoms with Gasteiger partial charge < -0.3 is 19.2 Å². The normalized spacial score (nSPS) is 16.8. The molecule has 3 aromatic rings. The minimum absolute atomic E-state index is 0.0137. The first-order valence-electron chi connectivity index (χ1n) is 10.7. The van der Waals surface area contributed by atoms with Crippen molar-refractivity contribution >= 4 is 16.9 Å². The molecule has 1 aromatic heterocycles. The molecule has 0 unspecified atom stereocenters. The highest BCUT2D eigenvalue weighted by molar-refractivity contribution is 5.97. The van der Waals surface area contributed by atoms with Gasteiger partial charge in [0, 0.05) is 18.7 Å². The van der Waals surface area contributed by atoms with Gasteiger partial charge in [-0.3, -0.25) is 14.4 Å². The predicted octanol–water partition coefficient (Wildman–Crippen LogP) is 3.48. The number of ether oxygens (including phenoxy) is 1. The molecule has 31 heavy (non-hydrogen) atoms. The topological polar surface area (TPSA) is 84.4 Å². The zero-order valence-corrected chi connectivity index (χ0v) is 17.9. The molecule has 0 spiro atoms. The van der Waals surface area contributed by atoms with E-state index in [-0.39, 0.29) is 11.9 Å². The van der Waals surface area contributed by atoms with Gasteiger partial charge in [-0.25, -0.2) is 0 Å². The van der Waals surface area contributed by atoms with Gasteiger partial charge >= 0.3 is 11.1 Å². The van der Waals surface area contributed by atoms with Crippen molar-refractivity contribution in [2.24, 2.45) is 0 Å². The number of methoxy groups -OCH3 is 1. The number of rotatable bonds is 4.